The van der Waals surface area contributed by atoms with Crippen LogP contribution in [0.3, 0.4) is 0 Å². The van der Waals surface area contributed by atoms with Crippen molar-refractivity contribution in [2.75, 3.05) is 62.0 Å². The second-order valence-electron chi connectivity index (χ2n) is 6.93. The van der Waals surface area contributed by atoms with Gasteiger partial charge in [0.15, 0.2) is 0 Å². The Labute approximate surface area is 166 Å². The Kier molecular flexibility index (Phi) is 6.18. The van der Waals surface area contributed by atoms with Crippen LogP contribution in [-0.2, 0) is 4.74 Å². The maximum atomic E-state index is 11.9. The molecule has 28 heavy (non-hydrogen) atoms. The van der Waals surface area contributed by atoms with E-state index < -0.39 is 0 Å². The van der Waals surface area contributed by atoms with E-state index >= 15 is 0 Å². The SMILES string of the molecule is CCOC(=O)N1CCN(c2nc(C)cc(Nc3ccc(N(C)C)cc3)n2)CC1. The molecule has 1 fully saturated rings. The van der Waals surface area contributed by atoms with Crippen molar-refractivity contribution in [1.82, 2.24) is 14.9 Å². The summed E-state index contributed by atoms with van der Waals surface area (Å²) in [6.07, 6.45) is -0.254. The van der Waals surface area contributed by atoms with Gasteiger partial charge in [-0.3, -0.25) is 0 Å². The molecule has 0 bridgehead atoms. The van der Waals surface area contributed by atoms with Crippen molar-refractivity contribution < 1.29 is 9.53 Å². The number of aromatic nitrogens is 2. The van der Waals surface area contributed by atoms with E-state index in [0.29, 0.717) is 38.7 Å². The number of piperazine rings is 1. The highest BCUT2D eigenvalue weighted by Gasteiger charge is 2.23. The van der Waals surface area contributed by atoms with Gasteiger partial charge < -0.3 is 24.8 Å². The number of benzene rings is 1. The summed E-state index contributed by atoms with van der Waals surface area (Å²) in [6.45, 7) is 6.73. The summed E-state index contributed by atoms with van der Waals surface area (Å²) >= 11 is 0. The van der Waals surface area contributed by atoms with Gasteiger partial charge in [0.05, 0.1) is 6.61 Å². The van der Waals surface area contributed by atoms with E-state index in [4.69, 9.17) is 4.74 Å². The highest BCUT2D eigenvalue weighted by Crippen LogP contribution is 2.21. The minimum Gasteiger partial charge on any atom is -0.450 e. The van der Waals surface area contributed by atoms with Crippen LogP contribution in [0.1, 0.15) is 12.6 Å². The molecule has 1 aromatic carbocycles. The molecule has 0 atom stereocenters. The van der Waals surface area contributed by atoms with Crippen molar-refractivity contribution in [3.63, 3.8) is 0 Å². The third-order valence-corrected chi connectivity index (χ3v) is 4.59. The van der Waals surface area contributed by atoms with Gasteiger partial charge in [-0.05, 0) is 38.1 Å². The van der Waals surface area contributed by atoms with Crippen LogP contribution in [0.2, 0.25) is 0 Å². The van der Waals surface area contributed by atoms with E-state index in [9.17, 15) is 4.79 Å². The molecule has 1 aliphatic heterocycles. The molecule has 0 aliphatic carbocycles. The summed E-state index contributed by atoms with van der Waals surface area (Å²) < 4.78 is 5.07. The van der Waals surface area contributed by atoms with Gasteiger partial charge in [-0.1, -0.05) is 0 Å². The number of aryl methyl sites for hydroxylation is 1. The second kappa shape index (κ2) is 8.77. The van der Waals surface area contributed by atoms with E-state index in [1.807, 2.05) is 46.1 Å². The molecule has 0 unspecified atom stereocenters. The smallest absolute Gasteiger partial charge is 0.409 e. The van der Waals surface area contributed by atoms with E-state index in [-0.39, 0.29) is 6.09 Å². The molecule has 1 amide bonds. The zero-order valence-electron chi connectivity index (χ0n) is 17.0. The molecule has 1 saturated heterocycles. The van der Waals surface area contributed by atoms with Crippen LogP contribution in [-0.4, -0.2) is 67.8 Å². The predicted molar refractivity (Wildman–Crippen MR) is 112 cm³/mol. The molecule has 8 nitrogen and oxygen atoms in total. The average molecular weight is 384 g/mol. The van der Waals surface area contributed by atoms with Crippen LogP contribution in [0.4, 0.5) is 27.9 Å². The first kappa shape index (κ1) is 19.7. The van der Waals surface area contributed by atoms with Crippen LogP contribution in [0.5, 0.6) is 0 Å². The van der Waals surface area contributed by atoms with Gasteiger partial charge in [-0.2, -0.15) is 4.98 Å². The van der Waals surface area contributed by atoms with Gasteiger partial charge in [0.1, 0.15) is 5.82 Å². The molecule has 1 aliphatic rings. The van der Waals surface area contributed by atoms with Gasteiger partial charge >= 0.3 is 6.09 Å². The average Bonchev–Trinajstić information content (AvgIpc) is 2.68. The molecule has 150 valence electrons. The molecule has 3 rings (SSSR count). The molecule has 8 heteroatoms. The lowest BCUT2D eigenvalue weighted by Crippen LogP contribution is -2.49. The number of anilines is 4. The van der Waals surface area contributed by atoms with Gasteiger partial charge in [0.25, 0.3) is 0 Å². The maximum Gasteiger partial charge on any atom is 0.409 e. The minimum atomic E-state index is -0.254. The third-order valence-electron chi connectivity index (χ3n) is 4.59. The largest absolute Gasteiger partial charge is 0.450 e. The molecular weight excluding hydrogens is 356 g/mol. The summed E-state index contributed by atoms with van der Waals surface area (Å²) in [5, 5.41) is 3.35. The lowest BCUT2D eigenvalue weighted by molar-refractivity contribution is 0.105. The zero-order valence-corrected chi connectivity index (χ0v) is 17.0. The Hall–Kier alpha value is -3.03. The van der Waals surface area contributed by atoms with Crippen molar-refractivity contribution in [3.8, 4) is 0 Å². The van der Waals surface area contributed by atoms with Gasteiger partial charge in [0.2, 0.25) is 5.95 Å². The zero-order chi connectivity index (χ0) is 20.1. The van der Waals surface area contributed by atoms with Crippen LogP contribution in [0.15, 0.2) is 30.3 Å². The summed E-state index contributed by atoms with van der Waals surface area (Å²) in [5.74, 6) is 1.43. The highest BCUT2D eigenvalue weighted by molar-refractivity contribution is 5.68. The first-order chi connectivity index (χ1) is 13.5. The summed E-state index contributed by atoms with van der Waals surface area (Å²) in [4.78, 5) is 27.0. The first-order valence-electron chi connectivity index (χ1n) is 9.53. The minimum absolute atomic E-state index is 0.254. The van der Waals surface area contributed by atoms with Gasteiger partial charge in [-0.15, -0.1) is 0 Å². The summed E-state index contributed by atoms with van der Waals surface area (Å²) in [6, 6.07) is 10.1. The monoisotopic (exact) mass is 384 g/mol. The Balaban J connectivity index is 1.67. The number of amides is 1. The Morgan fingerprint density at radius 3 is 2.43 bits per heavy atom. The van der Waals surface area contributed by atoms with Crippen LogP contribution >= 0.6 is 0 Å². The maximum absolute atomic E-state index is 11.9. The number of rotatable bonds is 5. The molecule has 0 saturated carbocycles. The van der Waals surface area contributed by atoms with Crippen LogP contribution in [0.25, 0.3) is 0 Å². The Bertz CT molecular complexity index is 801. The van der Waals surface area contributed by atoms with E-state index in [1.165, 1.54) is 0 Å². The highest BCUT2D eigenvalue weighted by atomic mass is 16.6. The topological polar surface area (TPSA) is 73.8 Å². The molecule has 1 aromatic heterocycles. The standard InChI is InChI=1S/C20H28N6O2/c1-5-28-20(27)26-12-10-25(11-13-26)19-21-15(2)14-18(23-19)22-16-6-8-17(9-7-16)24(3)4/h6-9,14H,5,10-13H2,1-4H3,(H,21,22,23). The lowest BCUT2D eigenvalue weighted by Gasteiger charge is -2.34. The van der Waals surface area contributed by atoms with Gasteiger partial charge in [0, 0.05) is 63.4 Å². The molecular formula is C20H28N6O2. The van der Waals surface area contributed by atoms with Crippen molar-refractivity contribution in [2.45, 2.75) is 13.8 Å². The molecule has 1 N–H and O–H groups in total. The molecule has 2 aromatic rings. The number of nitrogens with one attached hydrogen (secondary N) is 1. The molecule has 0 spiro atoms. The van der Waals surface area contributed by atoms with Crippen LogP contribution < -0.4 is 15.1 Å². The number of ether oxygens (including phenoxy) is 1. The van der Waals surface area contributed by atoms with E-state index in [2.05, 4.69) is 37.2 Å². The second-order valence-corrected chi connectivity index (χ2v) is 6.93. The van der Waals surface area contributed by atoms with Gasteiger partial charge in [-0.25, -0.2) is 9.78 Å². The fourth-order valence-electron chi connectivity index (χ4n) is 3.05. The summed E-state index contributed by atoms with van der Waals surface area (Å²) in [5.41, 5.74) is 3.01. The first-order valence-corrected chi connectivity index (χ1v) is 9.53. The van der Waals surface area contributed by atoms with Crippen molar-refractivity contribution in [3.05, 3.63) is 36.0 Å². The quantitative estimate of drug-likeness (QED) is 0.850. The number of carbonyl (C=O) groups excluding carboxylic acids is 1. The Morgan fingerprint density at radius 2 is 1.82 bits per heavy atom. The fourth-order valence-corrected chi connectivity index (χ4v) is 3.05. The fraction of sp³-hybridized carbons (Fsp3) is 0.450. The summed E-state index contributed by atoms with van der Waals surface area (Å²) in [7, 11) is 4.04. The predicted octanol–water partition coefficient (Wildman–Crippen LogP) is 2.87. The van der Waals surface area contributed by atoms with E-state index in [0.717, 1.165) is 22.9 Å². The normalized spacial score (nSPS) is 14.0. The van der Waals surface area contributed by atoms with Crippen LogP contribution in [0, 0.1) is 6.92 Å². The number of hydrogen-bond acceptors (Lipinski definition) is 7. The lowest BCUT2D eigenvalue weighted by atomic mass is 10.2. The number of carbonyl (C=O) groups is 1. The number of hydrogen-bond donors (Lipinski definition) is 1. The molecule has 0 radical (unpaired) electrons. The van der Waals surface area contributed by atoms with Crippen molar-refractivity contribution in [2.24, 2.45) is 0 Å². The van der Waals surface area contributed by atoms with Crippen molar-refractivity contribution >= 4 is 29.2 Å². The van der Waals surface area contributed by atoms with E-state index in [1.54, 1.807) is 4.90 Å². The van der Waals surface area contributed by atoms with Crippen molar-refractivity contribution in [1.29, 1.82) is 0 Å². The number of nitrogens with zero attached hydrogens (tertiary/aromatic N) is 5. The third kappa shape index (κ3) is 4.82. The Morgan fingerprint density at radius 1 is 1.14 bits per heavy atom. The molecule has 2 heterocycles.